The number of nitro benzene ring substituents is 1. The van der Waals surface area contributed by atoms with Crippen molar-refractivity contribution in [1.29, 1.82) is 0 Å². The number of non-ortho nitro benzene ring substituents is 1. The Hall–Kier alpha value is -3.04. The summed E-state index contributed by atoms with van der Waals surface area (Å²) < 4.78 is 6.26. The van der Waals surface area contributed by atoms with Crippen LogP contribution in [0.4, 0.5) is 5.69 Å². The number of furan rings is 1. The highest BCUT2D eigenvalue weighted by atomic mass is 79.9. The van der Waals surface area contributed by atoms with Crippen LogP contribution in [0.2, 0.25) is 5.02 Å². The van der Waals surface area contributed by atoms with Crippen LogP contribution >= 0.6 is 27.5 Å². The first kappa shape index (κ1) is 18.7. The van der Waals surface area contributed by atoms with Gasteiger partial charge in [-0.3, -0.25) is 19.9 Å². The third-order valence-corrected chi connectivity index (χ3v) is 4.13. The van der Waals surface area contributed by atoms with E-state index in [2.05, 4.69) is 31.4 Å². The first-order chi connectivity index (χ1) is 12.9. The summed E-state index contributed by atoms with van der Waals surface area (Å²) in [5.41, 5.74) is 3.11. The Labute approximate surface area is 166 Å². The summed E-state index contributed by atoms with van der Waals surface area (Å²) in [4.78, 5) is 26.1. The van der Waals surface area contributed by atoms with E-state index in [0.29, 0.717) is 27.1 Å². The van der Waals surface area contributed by atoms with Crippen molar-refractivity contribution in [3.8, 4) is 11.3 Å². The molecule has 0 unspecified atom stereocenters. The van der Waals surface area contributed by atoms with Crippen molar-refractivity contribution < 1.29 is 14.1 Å². The van der Waals surface area contributed by atoms with Crippen LogP contribution in [0.15, 0.2) is 62.8 Å². The lowest BCUT2D eigenvalue weighted by atomic mass is 10.1. The number of nitro groups is 1. The highest BCUT2D eigenvalue weighted by molar-refractivity contribution is 9.10. The number of hydrogen-bond acceptors (Lipinski definition) is 6. The quantitative estimate of drug-likeness (QED) is 0.352. The van der Waals surface area contributed by atoms with Crippen molar-refractivity contribution in [1.82, 2.24) is 10.4 Å². The number of rotatable bonds is 5. The van der Waals surface area contributed by atoms with Crippen molar-refractivity contribution in [2.24, 2.45) is 5.10 Å². The van der Waals surface area contributed by atoms with E-state index < -0.39 is 10.8 Å². The van der Waals surface area contributed by atoms with Gasteiger partial charge in [0.25, 0.3) is 11.6 Å². The Morgan fingerprint density at radius 1 is 1.30 bits per heavy atom. The van der Waals surface area contributed by atoms with Crippen LogP contribution in [0, 0.1) is 10.1 Å². The molecule has 0 fully saturated rings. The Morgan fingerprint density at radius 3 is 2.81 bits per heavy atom. The number of pyridine rings is 1. The van der Waals surface area contributed by atoms with Crippen molar-refractivity contribution in [2.75, 3.05) is 0 Å². The Balaban J connectivity index is 1.70. The maximum Gasteiger partial charge on any atom is 0.272 e. The zero-order valence-corrected chi connectivity index (χ0v) is 15.8. The zero-order valence-electron chi connectivity index (χ0n) is 13.4. The van der Waals surface area contributed by atoms with Crippen LogP contribution in [-0.2, 0) is 0 Å². The lowest BCUT2D eigenvalue weighted by molar-refractivity contribution is -0.384. The first-order valence-electron chi connectivity index (χ1n) is 7.42. The lowest BCUT2D eigenvalue weighted by Crippen LogP contribution is -2.17. The summed E-state index contributed by atoms with van der Waals surface area (Å²) in [5.74, 6) is 0.358. The Bertz CT molecular complexity index is 1050. The van der Waals surface area contributed by atoms with Crippen LogP contribution in [0.5, 0.6) is 0 Å². The second kappa shape index (κ2) is 8.11. The molecule has 0 aliphatic carbocycles. The SMILES string of the molecule is O=C(N/N=C\c1ccc(-c2ccc([N+](=O)[O-])cc2Cl)o1)c1cncc(Br)c1. The zero-order chi connectivity index (χ0) is 19.4. The van der Waals surface area contributed by atoms with E-state index in [0.717, 1.165) is 0 Å². The molecule has 27 heavy (non-hydrogen) atoms. The fourth-order valence-electron chi connectivity index (χ4n) is 2.14. The number of carbonyl (C=O) groups is 1. The molecule has 2 aromatic heterocycles. The average Bonchev–Trinajstić information content (AvgIpc) is 3.10. The van der Waals surface area contributed by atoms with Crippen molar-refractivity contribution in [2.45, 2.75) is 0 Å². The van der Waals surface area contributed by atoms with Gasteiger partial charge >= 0.3 is 0 Å². The maximum atomic E-state index is 12.0. The van der Waals surface area contributed by atoms with Crippen LogP contribution in [0.1, 0.15) is 16.1 Å². The van der Waals surface area contributed by atoms with E-state index >= 15 is 0 Å². The standard InChI is InChI=1S/C17H10BrClN4O4/c18-11-5-10(7-20-8-11)17(24)22-21-9-13-2-4-16(27-13)14-3-1-12(23(25)26)6-15(14)19/h1-9H,(H,22,24)/b21-9-. The monoisotopic (exact) mass is 448 g/mol. The summed E-state index contributed by atoms with van der Waals surface area (Å²) in [5, 5.41) is 14.8. The first-order valence-corrected chi connectivity index (χ1v) is 8.59. The summed E-state index contributed by atoms with van der Waals surface area (Å²) in [6, 6.07) is 8.97. The second-order valence-corrected chi connectivity index (χ2v) is 6.54. The van der Waals surface area contributed by atoms with Gasteiger partial charge in [0.2, 0.25) is 0 Å². The summed E-state index contributed by atoms with van der Waals surface area (Å²) >= 11 is 9.31. The fraction of sp³-hybridized carbons (Fsp3) is 0. The minimum Gasteiger partial charge on any atom is -0.455 e. The molecule has 0 atom stereocenters. The van der Waals surface area contributed by atoms with Gasteiger partial charge in [-0.1, -0.05) is 11.6 Å². The van der Waals surface area contributed by atoms with Crippen molar-refractivity contribution in [3.05, 3.63) is 79.7 Å². The van der Waals surface area contributed by atoms with Crippen LogP contribution in [-0.4, -0.2) is 22.0 Å². The molecule has 0 radical (unpaired) electrons. The Kier molecular flexibility index (Phi) is 5.63. The number of amides is 1. The van der Waals surface area contributed by atoms with E-state index in [-0.39, 0.29) is 10.7 Å². The van der Waals surface area contributed by atoms with Crippen LogP contribution in [0.3, 0.4) is 0 Å². The molecule has 1 aromatic carbocycles. The second-order valence-electron chi connectivity index (χ2n) is 5.21. The molecule has 0 aliphatic rings. The number of halogens is 2. The molecule has 0 bridgehead atoms. The molecular weight excluding hydrogens is 440 g/mol. The number of nitrogens with one attached hydrogen (secondary N) is 1. The normalized spacial score (nSPS) is 10.9. The van der Waals surface area contributed by atoms with Gasteiger partial charge in [0, 0.05) is 34.6 Å². The lowest BCUT2D eigenvalue weighted by Gasteiger charge is -2.00. The highest BCUT2D eigenvalue weighted by Gasteiger charge is 2.13. The maximum absolute atomic E-state index is 12.0. The third kappa shape index (κ3) is 4.57. The molecule has 2 heterocycles. The van der Waals surface area contributed by atoms with Crippen LogP contribution < -0.4 is 5.43 Å². The molecule has 10 heteroatoms. The minimum atomic E-state index is -0.528. The molecule has 0 spiro atoms. The van der Waals surface area contributed by atoms with Gasteiger partial charge in [0.1, 0.15) is 11.5 Å². The number of hydrogen-bond donors (Lipinski definition) is 1. The molecule has 0 saturated carbocycles. The predicted octanol–water partition coefficient (Wildman–Crippen LogP) is 4.43. The van der Waals surface area contributed by atoms with Gasteiger partial charge in [-0.25, -0.2) is 5.43 Å². The van der Waals surface area contributed by atoms with Crippen molar-refractivity contribution >= 4 is 45.3 Å². The number of nitrogens with zero attached hydrogens (tertiary/aromatic N) is 3. The van der Waals surface area contributed by atoms with E-state index in [1.807, 2.05) is 0 Å². The average molecular weight is 450 g/mol. The molecule has 0 aliphatic heterocycles. The number of benzene rings is 1. The van der Waals surface area contributed by atoms with Gasteiger partial charge in [0.15, 0.2) is 0 Å². The smallest absolute Gasteiger partial charge is 0.272 e. The molecule has 8 nitrogen and oxygen atoms in total. The third-order valence-electron chi connectivity index (χ3n) is 3.38. The van der Waals surface area contributed by atoms with Gasteiger partial charge in [-0.15, -0.1) is 0 Å². The molecule has 3 aromatic rings. The van der Waals surface area contributed by atoms with Crippen LogP contribution in [0.25, 0.3) is 11.3 Å². The number of aromatic nitrogens is 1. The van der Waals surface area contributed by atoms with E-state index in [9.17, 15) is 14.9 Å². The summed E-state index contributed by atoms with van der Waals surface area (Å²) in [7, 11) is 0. The van der Waals surface area contributed by atoms with Gasteiger partial charge in [-0.2, -0.15) is 5.10 Å². The van der Waals surface area contributed by atoms with E-state index in [4.69, 9.17) is 16.0 Å². The minimum absolute atomic E-state index is 0.109. The Morgan fingerprint density at radius 2 is 2.11 bits per heavy atom. The predicted molar refractivity (Wildman–Crippen MR) is 103 cm³/mol. The molecule has 1 N–H and O–H groups in total. The molecule has 136 valence electrons. The fourth-order valence-corrected chi connectivity index (χ4v) is 2.77. The molecule has 0 saturated heterocycles. The molecule has 3 rings (SSSR count). The summed E-state index contributed by atoms with van der Waals surface area (Å²) in [6.45, 7) is 0. The number of carbonyl (C=O) groups excluding carboxylic acids is 1. The largest absolute Gasteiger partial charge is 0.455 e. The topological polar surface area (TPSA) is 111 Å². The molecule has 1 amide bonds. The number of hydrazone groups is 1. The summed E-state index contributed by atoms with van der Waals surface area (Å²) in [6.07, 6.45) is 4.30. The highest BCUT2D eigenvalue weighted by Crippen LogP contribution is 2.32. The van der Waals surface area contributed by atoms with Crippen molar-refractivity contribution in [3.63, 3.8) is 0 Å². The van der Waals surface area contributed by atoms with Gasteiger partial charge < -0.3 is 4.42 Å². The van der Waals surface area contributed by atoms with Gasteiger partial charge in [0.05, 0.1) is 21.7 Å². The van der Waals surface area contributed by atoms with E-state index in [1.165, 1.54) is 30.6 Å². The molecular formula is C17H10BrClN4O4. The van der Waals surface area contributed by atoms with E-state index in [1.54, 1.807) is 24.4 Å². The van der Waals surface area contributed by atoms with Gasteiger partial charge in [-0.05, 0) is 40.2 Å².